The van der Waals surface area contributed by atoms with E-state index in [0.717, 1.165) is 25.0 Å². The van der Waals surface area contributed by atoms with Gasteiger partial charge in [0.25, 0.3) is 0 Å². The number of allylic oxidation sites excluding steroid dienone is 1. The lowest BCUT2D eigenvalue weighted by Gasteiger charge is -2.32. The molecule has 0 fully saturated rings. The molecule has 0 spiro atoms. The van der Waals surface area contributed by atoms with Crippen molar-refractivity contribution in [2.45, 2.75) is 26.7 Å². The van der Waals surface area contributed by atoms with E-state index in [0.29, 0.717) is 0 Å². The van der Waals surface area contributed by atoms with Crippen LogP contribution in [-0.4, -0.2) is 37.4 Å². The summed E-state index contributed by atoms with van der Waals surface area (Å²) < 4.78 is 4.75. The fourth-order valence-electron chi connectivity index (χ4n) is 2.45. The van der Waals surface area contributed by atoms with Crippen molar-refractivity contribution >= 4 is 11.8 Å². The third kappa shape index (κ3) is 3.08. The molecule has 0 amide bonds. The Labute approximate surface area is 103 Å². The highest BCUT2D eigenvalue weighted by Gasteiger charge is 2.36. The van der Waals surface area contributed by atoms with Crippen LogP contribution in [0.1, 0.15) is 26.7 Å². The van der Waals surface area contributed by atoms with E-state index in [1.807, 2.05) is 20.2 Å². The summed E-state index contributed by atoms with van der Waals surface area (Å²) in [4.78, 5) is 25.5. The van der Waals surface area contributed by atoms with Gasteiger partial charge in [-0.3, -0.25) is 9.59 Å². The van der Waals surface area contributed by atoms with E-state index < -0.39 is 11.9 Å². The van der Waals surface area contributed by atoms with Crippen LogP contribution in [0.3, 0.4) is 0 Å². The molecule has 0 aromatic rings. The van der Waals surface area contributed by atoms with Crippen LogP contribution in [-0.2, 0) is 14.3 Å². The number of Topliss-reactive ketones (excluding diaryl/α,β-unsaturated/α-hetero) is 1. The van der Waals surface area contributed by atoms with E-state index in [4.69, 9.17) is 4.74 Å². The van der Waals surface area contributed by atoms with Gasteiger partial charge in [0.15, 0.2) is 0 Å². The Hall–Kier alpha value is -1.32. The summed E-state index contributed by atoms with van der Waals surface area (Å²) in [5.41, 5.74) is 1.16. The number of carbonyl (C=O) groups is 2. The zero-order chi connectivity index (χ0) is 13.0. The number of ketones is 1. The molecule has 0 aromatic carbocycles. The molecular formula is C13H21NO3. The van der Waals surface area contributed by atoms with Crippen LogP contribution in [0, 0.1) is 11.8 Å². The van der Waals surface area contributed by atoms with Crippen LogP contribution in [0.25, 0.3) is 0 Å². The highest BCUT2D eigenvalue weighted by molar-refractivity contribution is 5.98. The second-order valence-electron chi connectivity index (χ2n) is 4.54. The molecule has 4 nitrogen and oxygen atoms in total. The molecule has 0 aliphatic carbocycles. The Kier molecular flexibility index (Phi) is 4.73. The molecule has 1 heterocycles. The maximum atomic E-state index is 11.7. The number of carbonyl (C=O) groups excluding carboxylic acids is 2. The van der Waals surface area contributed by atoms with Crippen LogP contribution in [0.5, 0.6) is 0 Å². The first-order valence-electron chi connectivity index (χ1n) is 6.00. The monoisotopic (exact) mass is 239 g/mol. The van der Waals surface area contributed by atoms with Gasteiger partial charge in [-0.15, -0.1) is 0 Å². The molecule has 0 saturated heterocycles. The lowest BCUT2D eigenvalue weighted by Crippen LogP contribution is -2.36. The second kappa shape index (κ2) is 5.84. The minimum absolute atomic E-state index is 0.00106. The Morgan fingerprint density at radius 2 is 2.24 bits per heavy atom. The molecule has 96 valence electrons. The molecule has 4 heteroatoms. The second-order valence-corrected chi connectivity index (χ2v) is 4.54. The fourth-order valence-corrected chi connectivity index (χ4v) is 2.45. The lowest BCUT2D eigenvalue weighted by atomic mass is 9.79. The molecular weight excluding hydrogens is 218 g/mol. The van der Waals surface area contributed by atoms with Crippen molar-refractivity contribution in [1.82, 2.24) is 4.90 Å². The topological polar surface area (TPSA) is 46.6 Å². The van der Waals surface area contributed by atoms with Crippen LogP contribution in [0.2, 0.25) is 0 Å². The molecule has 1 aliphatic heterocycles. The van der Waals surface area contributed by atoms with Gasteiger partial charge in [0.1, 0.15) is 11.7 Å². The maximum Gasteiger partial charge on any atom is 0.316 e. The molecule has 17 heavy (non-hydrogen) atoms. The molecule has 2 unspecified atom stereocenters. The van der Waals surface area contributed by atoms with Crippen molar-refractivity contribution in [2.75, 3.05) is 20.7 Å². The zero-order valence-corrected chi connectivity index (χ0v) is 11.0. The average Bonchev–Trinajstić information content (AvgIpc) is 2.30. The normalized spacial score (nSPS) is 21.8. The Morgan fingerprint density at radius 1 is 1.59 bits per heavy atom. The molecule has 0 aromatic heterocycles. The van der Waals surface area contributed by atoms with Gasteiger partial charge in [-0.1, -0.05) is 12.5 Å². The van der Waals surface area contributed by atoms with Gasteiger partial charge in [0, 0.05) is 19.5 Å². The van der Waals surface area contributed by atoms with Gasteiger partial charge < -0.3 is 9.64 Å². The highest BCUT2D eigenvalue weighted by atomic mass is 16.5. The fraction of sp³-hybridized carbons (Fsp3) is 0.692. The van der Waals surface area contributed by atoms with Crippen LogP contribution in [0.4, 0.5) is 0 Å². The summed E-state index contributed by atoms with van der Waals surface area (Å²) in [6.45, 7) is 4.38. The number of rotatable bonds is 4. The third-order valence-electron chi connectivity index (χ3n) is 3.36. The summed E-state index contributed by atoms with van der Waals surface area (Å²) >= 11 is 0. The van der Waals surface area contributed by atoms with Crippen LogP contribution in [0.15, 0.2) is 11.8 Å². The standard InChI is InChI=1S/C13H21NO3/c1-5-10-8-14(3)7-6-11(10)12(9(2)15)13(16)17-4/h8,11-12H,5-7H2,1-4H3. The van der Waals surface area contributed by atoms with E-state index in [-0.39, 0.29) is 11.7 Å². The minimum Gasteiger partial charge on any atom is -0.468 e. The van der Waals surface area contributed by atoms with E-state index >= 15 is 0 Å². The van der Waals surface area contributed by atoms with E-state index in [1.165, 1.54) is 14.0 Å². The number of hydrogen-bond donors (Lipinski definition) is 0. The Balaban J connectivity index is 2.98. The maximum absolute atomic E-state index is 11.7. The van der Waals surface area contributed by atoms with Gasteiger partial charge in [-0.25, -0.2) is 0 Å². The van der Waals surface area contributed by atoms with Gasteiger partial charge in [-0.05, 0) is 26.0 Å². The number of esters is 1. The van der Waals surface area contributed by atoms with Crippen molar-refractivity contribution in [3.8, 4) is 0 Å². The molecule has 2 atom stereocenters. The summed E-state index contributed by atoms with van der Waals surface area (Å²) in [5.74, 6) is -1.15. The molecule has 1 aliphatic rings. The molecule has 0 N–H and O–H groups in total. The highest BCUT2D eigenvalue weighted by Crippen LogP contribution is 2.31. The summed E-state index contributed by atoms with van der Waals surface area (Å²) in [5, 5.41) is 0. The first kappa shape index (κ1) is 13.7. The van der Waals surface area contributed by atoms with Crippen molar-refractivity contribution in [3.05, 3.63) is 11.8 Å². The van der Waals surface area contributed by atoms with Gasteiger partial charge in [0.05, 0.1) is 7.11 Å². The molecule has 0 saturated carbocycles. The van der Waals surface area contributed by atoms with Crippen LogP contribution < -0.4 is 0 Å². The van der Waals surface area contributed by atoms with Crippen molar-refractivity contribution in [2.24, 2.45) is 11.8 Å². The predicted molar refractivity (Wildman–Crippen MR) is 65.3 cm³/mol. The zero-order valence-electron chi connectivity index (χ0n) is 11.0. The number of methoxy groups -OCH3 is 1. The minimum atomic E-state index is -0.639. The summed E-state index contributed by atoms with van der Waals surface area (Å²) in [7, 11) is 3.34. The summed E-state index contributed by atoms with van der Waals surface area (Å²) in [6, 6.07) is 0. The van der Waals surface area contributed by atoms with Gasteiger partial charge in [-0.2, -0.15) is 0 Å². The molecule has 0 radical (unpaired) electrons. The molecule has 1 rings (SSSR count). The van der Waals surface area contributed by atoms with Crippen molar-refractivity contribution < 1.29 is 14.3 Å². The van der Waals surface area contributed by atoms with Gasteiger partial charge in [0.2, 0.25) is 0 Å². The Bertz CT molecular complexity index is 336. The Morgan fingerprint density at radius 3 is 2.71 bits per heavy atom. The third-order valence-corrected chi connectivity index (χ3v) is 3.36. The van der Waals surface area contributed by atoms with Crippen molar-refractivity contribution in [3.63, 3.8) is 0 Å². The van der Waals surface area contributed by atoms with E-state index in [9.17, 15) is 9.59 Å². The number of hydrogen-bond acceptors (Lipinski definition) is 4. The quantitative estimate of drug-likeness (QED) is 0.552. The smallest absolute Gasteiger partial charge is 0.316 e. The largest absolute Gasteiger partial charge is 0.468 e. The average molecular weight is 239 g/mol. The first-order chi connectivity index (χ1) is 8.01. The molecule has 0 bridgehead atoms. The first-order valence-corrected chi connectivity index (χ1v) is 6.00. The van der Waals surface area contributed by atoms with Gasteiger partial charge >= 0.3 is 5.97 Å². The number of nitrogens with zero attached hydrogens (tertiary/aromatic N) is 1. The number of ether oxygens (including phenoxy) is 1. The lowest BCUT2D eigenvalue weighted by molar-refractivity contribution is -0.150. The summed E-state index contributed by atoms with van der Waals surface area (Å²) in [6.07, 6.45) is 3.73. The van der Waals surface area contributed by atoms with Crippen LogP contribution >= 0.6 is 0 Å². The van der Waals surface area contributed by atoms with Crippen molar-refractivity contribution in [1.29, 1.82) is 0 Å². The van der Waals surface area contributed by atoms with E-state index in [2.05, 4.69) is 4.90 Å². The predicted octanol–water partition coefficient (Wildman–Crippen LogP) is 1.61. The SMILES string of the molecule is CCC1=CN(C)CCC1C(C(C)=O)C(=O)OC. The van der Waals surface area contributed by atoms with E-state index in [1.54, 1.807) is 0 Å².